The van der Waals surface area contributed by atoms with Crippen molar-refractivity contribution in [3.63, 3.8) is 0 Å². The van der Waals surface area contributed by atoms with Gasteiger partial charge in [0.15, 0.2) is 0 Å². The molecule has 0 saturated carbocycles. The Balaban J connectivity index is 1.30. The molecule has 3 aliphatic rings. The predicted molar refractivity (Wildman–Crippen MR) is 136 cm³/mol. The molecule has 10 nitrogen and oxygen atoms in total. The molecule has 1 fully saturated rings. The highest BCUT2D eigenvalue weighted by atomic mass is 35.5. The van der Waals surface area contributed by atoms with Gasteiger partial charge >= 0.3 is 5.97 Å². The SMILES string of the molecule is CN1CC(C2=CC(C(=O)O)CS2)NC1[C@@H]1CCc2cc(-c3cc(Cl)ccc3-n3cnnn3)cc(=O)n21. The molecule has 0 spiro atoms. The van der Waals surface area contributed by atoms with Crippen molar-refractivity contribution in [3.05, 3.63) is 68.7 Å². The number of nitrogens with one attached hydrogen (secondary N) is 1. The predicted octanol–water partition coefficient (Wildman–Crippen LogP) is 2.19. The van der Waals surface area contributed by atoms with Gasteiger partial charge < -0.3 is 9.67 Å². The molecule has 0 aliphatic carbocycles. The second-order valence-electron chi connectivity index (χ2n) is 9.39. The first kappa shape index (κ1) is 23.4. The lowest BCUT2D eigenvalue weighted by Crippen LogP contribution is -2.43. The lowest BCUT2D eigenvalue weighted by molar-refractivity contribution is -0.139. The van der Waals surface area contributed by atoms with Crippen LogP contribution in [0.5, 0.6) is 0 Å². The molecule has 0 bridgehead atoms. The molecule has 36 heavy (non-hydrogen) atoms. The van der Waals surface area contributed by atoms with Crippen LogP contribution in [0.4, 0.5) is 0 Å². The van der Waals surface area contributed by atoms with E-state index in [1.807, 2.05) is 29.8 Å². The Morgan fingerprint density at radius 2 is 2.14 bits per heavy atom. The molecule has 2 aromatic heterocycles. The van der Waals surface area contributed by atoms with Gasteiger partial charge in [-0.3, -0.25) is 19.8 Å². The van der Waals surface area contributed by atoms with E-state index in [4.69, 9.17) is 11.6 Å². The maximum absolute atomic E-state index is 13.5. The van der Waals surface area contributed by atoms with Gasteiger partial charge in [0.1, 0.15) is 6.33 Å². The van der Waals surface area contributed by atoms with Crippen LogP contribution in [-0.4, -0.2) is 72.3 Å². The average molecular weight is 526 g/mol. The molecule has 0 amide bonds. The molecule has 0 radical (unpaired) electrons. The minimum Gasteiger partial charge on any atom is -0.481 e. The van der Waals surface area contributed by atoms with Gasteiger partial charge in [-0.2, -0.15) is 4.68 Å². The first-order valence-corrected chi connectivity index (χ1v) is 13.1. The number of carboxylic acids is 1. The zero-order valence-corrected chi connectivity index (χ0v) is 21.0. The Labute approximate surface area is 215 Å². The van der Waals surface area contributed by atoms with Gasteiger partial charge in [-0.05, 0) is 60.1 Å². The highest BCUT2D eigenvalue weighted by Gasteiger charge is 2.41. The molecular weight excluding hydrogens is 502 g/mol. The van der Waals surface area contributed by atoms with Gasteiger partial charge in [-0.1, -0.05) is 17.7 Å². The lowest BCUT2D eigenvalue weighted by Gasteiger charge is -2.27. The number of hydrogen-bond acceptors (Lipinski definition) is 8. The first-order chi connectivity index (χ1) is 17.4. The lowest BCUT2D eigenvalue weighted by atomic mass is 10.0. The molecule has 6 rings (SSSR count). The smallest absolute Gasteiger partial charge is 0.311 e. The maximum atomic E-state index is 13.5. The van der Waals surface area contributed by atoms with E-state index in [1.165, 1.54) is 6.33 Å². The number of halogens is 1. The molecule has 3 unspecified atom stereocenters. The maximum Gasteiger partial charge on any atom is 0.311 e. The molecule has 3 aromatic rings. The molecule has 1 saturated heterocycles. The highest BCUT2D eigenvalue weighted by molar-refractivity contribution is 8.03. The molecule has 3 aliphatic heterocycles. The number of aryl methyl sites for hydroxylation is 1. The number of carbonyl (C=O) groups is 1. The monoisotopic (exact) mass is 525 g/mol. The summed E-state index contributed by atoms with van der Waals surface area (Å²) in [6.07, 6.45) is 4.98. The Morgan fingerprint density at radius 1 is 1.28 bits per heavy atom. The van der Waals surface area contributed by atoms with Gasteiger partial charge in [-0.15, -0.1) is 16.9 Å². The van der Waals surface area contributed by atoms with Crippen molar-refractivity contribution in [2.24, 2.45) is 5.92 Å². The van der Waals surface area contributed by atoms with Crippen molar-refractivity contribution < 1.29 is 9.90 Å². The van der Waals surface area contributed by atoms with Crippen LogP contribution in [0.2, 0.25) is 5.02 Å². The molecule has 1 aromatic carbocycles. The van der Waals surface area contributed by atoms with E-state index in [1.54, 1.807) is 28.6 Å². The summed E-state index contributed by atoms with van der Waals surface area (Å²) in [5.41, 5.74) is 3.21. The summed E-state index contributed by atoms with van der Waals surface area (Å²) in [5.74, 6) is -0.647. The van der Waals surface area contributed by atoms with E-state index in [9.17, 15) is 14.7 Å². The van der Waals surface area contributed by atoms with Crippen LogP contribution < -0.4 is 10.9 Å². The topological polar surface area (TPSA) is 118 Å². The van der Waals surface area contributed by atoms with Crippen molar-refractivity contribution >= 4 is 29.3 Å². The number of rotatable bonds is 5. The van der Waals surface area contributed by atoms with E-state index in [2.05, 4.69) is 31.8 Å². The van der Waals surface area contributed by atoms with Crippen LogP contribution >= 0.6 is 23.4 Å². The Hall–Kier alpha value is -2.99. The van der Waals surface area contributed by atoms with E-state index in [0.717, 1.165) is 46.8 Å². The largest absolute Gasteiger partial charge is 0.481 e. The minimum absolute atomic E-state index is 0.0165. The van der Waals surface area contributed by atoms with Crippen molar-refractivity contribution in [2.75, 3.05) is 19.3 Å². The van der Waals surface area contributed by atoms with Gasteiger partial charge in [0.2, 0.25) is 0 Å². The zero-order valence-electron chi connectivity index (χ0n) is 19.4. The number of thioether (sulfide) groups is 1. The van der Waals surface area contributed by atoms with Crippen molar-refractivity contribution in [1.29, 1.82) is 0 Å². The summed E-state index contributed by atoms with van der Waals surface area (Å²) >= 11 is 7.92. The zero-order chi connectivity index (χ0) is 25.0. The van der Waals surface area contributed by atoms with Gasteiger partial charge in [0.05, 0.1) is 29.9 Å². The summed E-state index contributed by atoms with van der Waals surface area (Å²) < 4.78 is 3.46. The quantitative estimate of drug-likeness (QED) is 0.516. The minimum atomic E-state index is -0.782. The van der Waals surface area contributed by atoms with Crippen LogP contribution in [-0.2, 0) is 11.2 Å². The summed E-state index contributed by atoms with van der Waals surface area (Å²) in [6.45, 7) is 0.770. The molecule has 4 atom stereocenters. The number of nitrogens with zero attached hydrogens (tertiary/aromatic N) is 6. The Morgan fingerprint density at radius 3 is 2.89 bits per heavy atom. The fraction of sp³-hybridized carbons (Fsp3) is 0.375. The van der Waals surface area contributed by atoms with Gasteiger partial charge in [0, 0.05) is 39.5 Å². The van der Waals surface area contributed by atoms with Crippen LogP contribution in [0.15, 0.2) is 52.4 Å². The fourth-order valence-corrected chi connectivity index (χ4v) is 6.89. The number of aliphatic carboxylic acids is 1. The normalized spacial score (nSPS) is 25.8. The highest BCUT2D eigenvalue weighted by Crippen LogP contribution is 2.38. The molecule has 186 valence electrons. The first-order valence-electron chi connectivity index (χ1n) is 11.7. The summed E-state index contributed by atoms with van der Waals surface area (Å²) in [4.78, 5) is 28.1. The third-order valence-electron chi connectivity index (χ3n) is 7.18. The molecular formula is C24H24ClN7O3S. The molecule has 12 heteroatoms. The number of carboxylic acid groups (broad SMARTS) is 1. The Kier molecular flexibility index (Phi) is 5.95. The second kappa shape index (κ2) is 9.15. The summed E-state index contributed by atoms with van der Waals surface area (Å²) in [7, 11) is 2.05. The summed E-state index contributed by atoms with van der Waals surface area (Å²) in [5, 5.41) is 25.0. The number of likely N-dealkylation sites (N-methyl/N-ethyl adjacent to an activating group) is 1. The van der Waals surface area contributed by atoms with Crippen molar-refractivity contribution in [2.45, 2.75) is 31.1 Å². The van der Waals surface area contributed by atoms with Crippen molar-refractivity contribution in [1.82, 2.24) is 35.0 Å². The Bertz CT molecular complexity index is 1420. The summed E-state index contributed by atoms with van der Waals surface area (Å²) in [6, 6.07) is 9.19. The van der Waals surface area contributed by atoms with E-state index in [0.29, 0.717) is 10.8 Å². The van der Waals surface area contributed by atoms with E-state index in [-0.39, 0.29) is 23.8 Å². The average Bonchev–Trinajstić information content (AvgIpc) is 3.64. The number of tetrazole rings is 1. The van der Waals surface area contributed by atoms with Crippen LogP contribution in [0.3, 0.4) is 0 Å². The number of fused-ring (bicyclic) bond motifs is 1. The number of benzene rings is 1. The molecule has 2 N–H and O–H groups in total. The van der Waals surface area contributed by atoms with Gasteiger partial charge in [0.25, 0.3) is 5.56 Å². The third kappa shape index (κ3) is 4.05. The number of hydrogen-bond donors (Lipinski definition) is 2. The molecule has 5 heterocycles. The van der Waals surface area contributed by atoms with Crippen LogP contribution in [0.25, 0.3) is 16.8 Å². The van der Waals surface area contributed by atoms with Crippen LogP contribution in [0, 0.1) is 5.92 Å². The van der Waals surface area contributed by atoms with Crippen molar-refractivity contribution in [3.8, 4) is 16.8 Å². The van der Waals surface area contributed by atoms with Gasteiger partial charge in [-0.25, -0.2) is 0 Å². The standard InChI is InChI=1S/C24H24ClN7O3S/c1-30-10-18(21-7-14(11-36-21)24(34)35)27-23(30)20-5-3-16-6-13(8-22(33)32(16)20)17-9-15(25)2-4-19(17)31-12-26-28-29-31/h2,4,6-9,12,14,18,20,23,27H,3,5,10-11H2,1H3,(H,34,35)/t14?,18?,20-,23?/m0/s1. The number of aromatic nitrogens is 5. The number of pyridine rings is 1. The third-order valence-corrected chi connectivity index (χ3v) is 8.69. The fourth-order valence-electron chi connectivity index (χ4n) is 5.50. The van der Waals surface area contributed by atoms with Crippen LogP contribution in [0.1, 0.15) is 18.2 Å². The van der Waals surface area contributed by atoms with E-state index >= 15 is 0 Å². The second-order valence-corrected chi connectivity index (χ2v) is 10.9. The van der Waals surface area contributed by atoms with E-state index < -0.39 is 11.9 Å².